The Hall–Kier alpha value is -3.26. The molecular formula is C24H29N5O3. The van der Waals surface area contributed by atoms with Gasteiger partial charge in [0.05, 0.1) is 18.4 Å². The maximum absolute atomic E-state index is 12.2. The van der Waals surface area contributed by atoms with Crippen molar-refractivity contribution >= 4 is 5.91 Å². The Morgan fingerprint density at radius 2 is 2.03 bits per heavy atom. The van der Waals surface area contributed by atoms with Gasteiger partial charge >= 0.3 is 0 Å². The molecule has 32 heavy (non-hydrogen) atoms. The second-order valence-electron chi connectivity index (χ2n) is 8.74. The van der Waals surface area contributed by atoms with Gasteiger partial charge in [0, 0.05) is 44.2 Å². The highest BCUT2D eigenvalue weighted by Gasteiger charge is 2.30. The van der Waals surface area contributed by atoms with Crippen molar-refractivity contribution in [3.05, 3.63) is 59.4 Å². The first-order chi connectivity index (χ1) is 15.3. The highest BCUT2D eigenvalue weighted by molar-refractivity contribution is 5.95. The summed E-state index contributed by atoms with van der Waals surface area (Å²) in [5, 5.41) is 4.00. The molecule has 1 aromatic carbocycles. The Kier molecular flexibility index (Phi) is 6.23. The minimum absolute atomic E-state index is 0.000228. The van der Waals surface area contributed by atoms with Gasteiger partial charge in [-0.25, -0.2) is 0 Å². The molecule has 1 aliphatic heterocycles. The lowest BCUT2D eigenvalue weighted by atomic mass is 10.0. The van der Waals surface area contributed by atoms with Gasteiger partial charge in [0.15, 0.2) is 5.82 Å². The van der Waals surface area contributed by atoms with Crippen LogP contribution in [0.5, 0.6) is 5.75 Å². The van der Waals surface area contributed by atoms with Crippen molar-refractivity contribution in [3.8, 4) is 17.0 Å². The summed E-state index contributed by atoms with van der Waals surface area (Å²) in [6.07, 6.45) is 1.87. The first kappa shape index (κ1) is 22.0. The molecule has 0 N–H and O–H groups in total. The number of aryl methyl sites for hydroxylation is 1. The molecule has 0 saturated carbocycles. The first-order valence-corrected chi connectivity index (χ1v) is 10.8. The lowest BCUT2D eigenvalue weighted by molar-refractivity contribution is 0.00844. The normalized spacial score (nSPS) is 14.4. The Labute approximate surface area is 188 Å². The average molecular weight is 436 g/mol. The molecule has 8 nitrogen and oxygen atoms in total. The smallest absolute Gasteiger partial charge is 0.253 e. The number of rotatable bonds is 7. The lowest BCUT2D eigenvalue weighted by Gasteiger charge is -2.37. The van der Waals surface area contributed by atoms with Crippen LogP contribution >= 0.6 is 0 Å². The summed E-state index contributed by atoms with van der Waals surface area (Å²) < 4.78 is 11.3. The monoisotopic (exact) mass is 435 g/mol. The number of hydrogen-bond donors (Lipinski definition) is 0. The van der Waals surface area contributed by atoms with E-state index in [1.165, 1.54) is 0 Å². The van der Waals surface area contributed by atoms with Gasteiger partial charge in [-0.05, 0) is 36.8 Å². The topological polar surface area (TPSA) is 84.6 Å². The Morgan fingerprint density at radius 1 is 1.25 bits per heavy atom. The maximum atomic E-state index is 12.2. The van der Waals surface area contributed by atoms with Crippen molar-refractivity contribution in [2.24, 2.45) is 0 Å². The van der Waals surface area contributed by atoms with E-state index >= 15 is 0 Å². The third-order valence-corrected chi connectivity index (χ3v) is 5.48. The van der Waals surface area contributed by atoms with Crippen LogP contribution in [0.3, 0.4) is 0 Å². The number of nitrogens with zero attached hydrogens (tertiary/aromatic N) is 5. The summed E-state index contributed by atoms with van der Waals surface area (Å²) in [5.74, 6) is 2.40. The summed E-state index contributed by atoms with van der Waals surface area (Å²) in [5.41, 5.74) is 3.45. The van der Waals surface area contributed by atoms with Crippen molar-refractivity contribution in [3.63, 3.8) is 0 Å². The van der Waals surface area contributed by atoms with E-state index in [2.05, 4.69) is 20.0 Å². The fraction of sp³-hybridized carbons (Fsp3) is 0.417. The summed E-state index contributed by atoms with van der Waals surface area (Å²) in [4.78, 5) is 25.0. The van der Waals surface area contributed by atoms with Crippen LogP contribution in [-0.2, 0) is 6.54 Å². The van der Waals surface area contributed by atoms with E-state index in [1.54, 1.807) is 25.2 Å². The molecule has 2 aromatic heterocycles. The second-order valence-corrected chi connectivity index (χ2v) is 8.74. The highest BCUT2D eigenvalue weighted by atomic mass is 16.5. The second kappa shape index (κ2) is 9.08. The number of carbonyl (C=O) groups excluding carboxylic acids is 1. The predicted octanol–water partition coefficient (Wildman–Crippen LogP) is 3.53. The Bertz CT molecular complexity index is 1090. The molecule has 4 rings (SSSR count). The number of hydrogen-bond acceptors (Lipinski definition) is 7. The lowest BCUT2D eigenvalue weighted by Crippen LogP contribution is -2.53. The van der Waals surface area contributed by atoms with E-state index in [1.807, 2.05) is 51.1 Å². The molecule has 3 heterocycles. The zero-order chi connectivity index (χ0) is 22.8. The van der Waals surface area contributed by atoms with E-state index in [-0.39, 0.29) is 17.9 Å². The number of pyridine rings is 1. The molecule has 0 aliphatic carbocycles. The van der Waals surface area contributed by atoms with Gasteiger partial charge < -0.3 is 14.2 Å². The number of ether oxygens (including phenoxy) is 1. The van der Waals surface area contributed by atoms with Gasteiger partial charge in [-0.2, -0.15) is 4.98 Å². The molecule has 1 fully saturated rings. The van der Waals surface area contributed by atoms with Gasteiger partial charge in [0.2, 0.25) is 5.89 Å². The standard InChI is InChI=1S/C24H29N5O3/c1-15(2)23-26-22(32-27-23)14-29-12-19(13-29)31-18-7-9-21(25-11-18)17-6-8-20(16(3)10-17)24(30)28(4)5/h6-11,15,19H,12-14H2,1-5H3. The van der Waals surface area contributed by atoms with Gasteiger partial charge in [-0.1, -0.05) is 25.1 Å². The van der Waals surface area contributed by atoms with E-state index < -0.39 is 0 Å². The molecule has 0 atom stereocenters. The van der Waals surface area contributed by atoms with E-state index in [9.17, 15) is 4.79 Å². The number of amides is 1. The maximum Gasteiger partial charge on any atom is 0.253 e. The van der Waals surface area contributed by atoms with Crippen LogP contribution in [0, 0.1) is 6.92 Å². The summed E-state index contributed by atoms with van der Waals surface area (Å²) >= 11 is 0. The van der Waals surface area contributed by atoms with Crippen LogP contribution in [0.15, 0.2) is 41.1 Å². The van der Waals surface area contributed by atoms with Crippen LogP contribution in [0.4, 0.5) is 0 Å². The molecule has 8 heteroatoms. The van der Waals surface area contributed by atoms with Crippen LogP contribution in [0.25, 0.3) is 11.3 Å². The van der Waals surface area contributed by atoms with Gasteiger partial charge in [0.1, 0.15) is 11.9 Å². The minimum Gasteiger partial charge on any atom is -0.486 e. The number of aromatic nitrogens is 3. The van der Waals surface area contributed by atoms with Crippen LogP contribution in [0.2, 0.25) is 0 Å². The minimum atomic E-state index is -0.000228. The molecule has 168 valence electrons. The molecule has 1 saturated heterocycles. The molecule has 3 aromatic rings. The Balaban J connectivity index is 1.31. The van der Waals surface area contributed by atoms with Crippen LogP contribution in [0.1, 0.15) is 47.4 Å². The first-order valence-electron chi connectivity index (χ1n) is 10.8. The third-order valence-electron chi connectivity index (χ3n) is 5.48. The van der Waals surface area contributed by atoms with Crippen molar-refractivity contribution < 1.29 is 14.1 Å². The van der Waals surface area contributed by atoms with Crippen molar-refractivity contribution in [2.75, 3.05) is 27.2 Å². The fourth-order valence-electron chi connectivity index (χ4n) is 3.60. The molecule has 0 radical (unpaired) electrons. The zero-order valence-corrected chi connectivity index (χ0v) is 19.2. The molecule has 0 spiro atoms. The zero-order valence-electron chi connectivity index (χ0n) is 19.2. The van der Waals surface area contributed by atoms with Crippen LogP contribution in [-0.4, -0.2) is 64.1 Å². The van der Waals surface area contributed by atoms with E-state index in [0.29, 0.717) is 18.0 Å². The predicted molar refractivity (Wildman–Crippen MR) is 121 cm³/mol. The quantitative estimate of drug-likeness (QED) is 0.561. The molecule has 1 amide bonds. The van der Waals surface area contributed by atoms with Crippen LogP contribution < -0.4 is 4.74 Å². The van der Waals surface area contributed by atoms with Crippen molar-refractivity contribution in [1.82, 2.24) is 24.9 Å². The summed E-state index contributed by atoms with van der Waals surface area (Å²) in [6, 6.07) is 9.66. The van der Waals surface area contributed by atoms with Gasteiger partial charge in [0.25, 0.3) is 5.91 Å². The fourth-order valence-corrected chi connectivity index (χ4v) is 3.60. The average Bonchev–Trinajstić information content (AvgIpc) is 3.21. The van der Waals surface area contributed by atoms with Gasteiger partial charge in [-0.15, -0.1) is 0 Å². The van der Waals surface area contributed by atoms with E-state index in [4.69, 9.17) is 9.26 Å². The number of likely N-dealkylation sites (tertiary alicyclic amines) is 1. The number of benzene rings is 1. The molecule has 0 bridgehead atoms. The van der Waals surface area contributed by atoms with Gasteiger partial charge in [-0.3, -0.25) is 14.7 Å². The van der Waals surface area contributed by atoms with Crippen molar-refractivity contribution in [1.29, 1.82) is 0 Å². The molecule has 0 unspecified atom stereocenters. The third kappa shape index (κ3) is 4.80. The summed E-state index contributed by atoms with van der Waals surface area (Å²) in [6.45, 7) is 8.29. The summed E-state index contributed by atoms with van der Waals surface area (Å²) in [7, 11) is 3.51. The van der Waals surface area contributed by atoms with Crippen molar-refractivity contribution in [2.45, 2.75) is 39.3 Å². The SMILES string of the molecule is Cc1cc(-c2ccc(OC3CN(Cc4nc(C(C)C)no4)C3)cn2)ccc1C(=O)N(C)C. The largest absolute Gasteiger partial charge is 0.486 e. The van der Waals surface area contributed by atoms with E-state index in [0.717, 1.165) is 41.5 Å². The highest BCUT2D eigenvalue weighted by Crippen LogP contribution is 2.25. The molecule has 1 aliphatic rings. The molecular weight excluding hydrogens is 406 g/mol. The number of carbonyl (C=O) groups is 1. The Morgan fingerprint density at radius 3 is 2.62 bits per heavy atom.